The Morgan fingerprint density at radius 1 is 1.19 bits per heavy atom. The zero-order chi connectivity index (χ0) is 14.5. The van der Waals surface area contributed by atoms with Gasteiger partial charge in [-0.25, -0.2) is 0 Å². The Hall–Kier alpha value is -0.670. The number of thioether (sulfide) groups is 1. The first kappa shape index (κ1) is 15.2. The van der Waals surface area contributed by atoms with Crippen molar-refractivity contribution < 1.29 is 4.74 Å². The lowest BCUT2D eigenvalue weighted by Crippen LogP contribution is -2.32. The van der Waals surface area contributed by atoms with E-state index >= 15 is 0 Å². The first-order chi connectivity index (χ1) is 10.4. The molecule has 116 valence electrons. The van der Waals surface area contributed by atoms with E-state index in [-0.39, 0.29) is 0 Å². The van der Waals surface area contributed by atoms with E-state index in [1.807, 2.05) is 0 Å². The number of nitrogens with one attached hydrogen (secondary N) is 1. The number of hydrogen-bond donors (Lipinski definition) is 1. The predicted octanol–water partition coefficient (Wildman–Crippen LogP) is 4.55. The molecule has 21 heavy (non-hydrogen) atoms. The molecule has 1 heterocycles. The third-order valence-electron chi connectivity index (χ3n) is 4.27. The van der Waals surface area contributed by atoms with Crippen LogP contribution in [0.15, 0.2) is 24.3 Å². The molecule has 2 aliphatic rings. The molecule has 2 nitrogen and oxygen atoms in total. The standard InChI is InChI=1S/C18H27NOS/c1-2-12-19-18(17-5-3-4-13-21-17)14-6-8-15(9-7-14)20-16-10-11-16/h6-9,16-19H,2-5,10-13H2,1H3. The van der Waals surface area contributed by atoms with Gasteiger partial charge in [0, 0.05) is 11.3 Å². The van der Waals surface area contributed by atoms with Crippen molar-refractivity contribution in [1.29, 1.82) is 0 Å². The molecule has 1 N–H and O–H groups in total. The summed E-state index contributed by atoms with van der Waals surface area (Å²) in [7, 11) is 0. The van der Waals surface area contributed by atoms with Crippen molar-refractivity contribution in [2.75, 3.05) is 12.3 Å². The fourth-order valence-electron chi connectivity index (χ4n) is 2.92. The number of rotatable bonds is 7. The summed E-state index contributed by atoms with van der Waals surface area (Å²) in [4.78, 5) is 0. The molecule has 2 fully saturated rings. The van der Waals surface area contributed by atoms with E-state index in [0.717, 1.165) is 17.5 Å². The minimum absolute atomic E-state index is 0.485. The van der Waals surface area contributed by atoms with Crippen molar-refractivity contribution in [3.05, 3.63) is 29.8 Å². The number of ether oxygens (including phenoxy) is 1. The van der Waals surface area contributed by atoms with Gasteiger partial charge < -0.3 is 10.1 Å². The van der Waals surface area contributed by atoms with Crippen molar-refractivity contribution in [3.8, 4) is 5.75 Å². The van der Waals surface area contributed by atoms with Gasteiger partial charge in [-0.2, -0.15) is 11.8 Å². The first-order valence-electron chi connectivity index (χ1n) is 8.48. The van der Waals surface area contributed by atoms with E-state index in [4.69, 9.17) is 4.74 Å². The van der Waals surface area contributed by atoms with Gasteiger partial charge in [-0.15, -0.1) is 0 Å². The van der Waals surface area contributed by atoms with Crippen LogP contribution in [0.5, 0.6) is 5.75 Å². The van der Waals surface area contributed by atoms with Crippen LogP contribution in [0, 0.1) is 0 Å². The van der Waals surface area contributed by atoms with E-state index in [2.05, 4.69) is 48.3 Å². The first-order valence-corrected chi connectivity index (χ1v) is 9.53. The van der Waals surface area contributed by atoms with Gasteiger partial charge in [0.1, 0.15) is 5.75 Å². The lowest BCUT2D eigenvalue weighted by atomic mass is 9.99. The van der Waals surface area contributed by atoms with Gasteiger partial charge in [0.25, 0.3) is 0 Å². The third-order valence-corrected chi connectivity index (χ3v) is 5.73. The molecule has 0 spiro atoms. The maximum atomic E-state index is 5.86. The number of hydrogen-bond acceptors (Lipinski definition) is 3. The Balaban J connectivity index is 1.67. The quantitative estimate of drug-likeness (QED) is 0.798. The molecule has 1 aromatic carbocycles. The molecule has 2 unspecified atom stereocenters. The topological polar surface area (TPSA) is 21.3 Å². The van der Waals surface area contributed by atoms with Crippen LogP contribution < -0.4 is 10.1 Å². The summed E-state index contributed by atoms with van der Waals surface area (Å²) in [6, 6.07) is 9.33. The van der Waals surface area contributed by atoms with Crippen molar-refractivity contribution >= 4 is 11.8 Å². The highest BCUT2D eigenvalue weighted by Crippen LogP contribution is 2.35. The van der Waals surface area contributed by atoms with Crippen molar-refractivity contribution in [2.45, 2.75) is 62.8 Å². The van der Waals surface area contributed by atoms with Crippen molar-refractivity contribution in [2.24, 2.45) is 0 Å². The second-order valence-electron chi connectivity index (χ2n) is 6.22. The van der Waals surface area contributed by atoms with Crippen molar-refractivity contribution in [1.82, 2.24) is 5.32 Å². The predicted molar refractivity (Wildman–Crippen MR) is 91.2 cm³/mol. The molecule has 1 aromatic rings. The van der Waals surface area contributed by atoms with Crippen LogP contribution in [0.1, 0.15) is 57.1 Å². The van der Waals surface area contributed by atoms with Gasteiger partial charge in [0.05, 0.1) is 6.10 Å². The van der Waals surface area contributed by atoms with Gasteiger partial charge in [-0.05, 0) is 62.1 Å². The highest BCUT2D eigenvalue weighted by molar-refractivity contribution is 8.00. The van der Waals surface area contributed by atoms with Crippen LogP contribution in [0.25, 0.3) is 0 Å². The SMILES string of the molecule is CCCNC(c1ccc(OC2CC2)cc1)C1CCCCS1. The Kier molecular flexibility index (Phi) is 5.48. The Morgan fingerprint density at radius 3 is 2.62 bits per heavy atom. The van der Waals surface area contributed by atoms with Crippen LogP contribution in [-0.4, -0.2) is 23.7 Å². The summed E-state index contributed by atoms with van der Waals surface area (Å²) >= 11 is 2.15. The lowest BCUT2D eigenvalue weighted by molar-refractivity contribution is 0.303. The molecule has 1 aliphatic carbocycles. The molecule has 0 bridgehead atoms. The van der Waals surface area contributed by atoms with Crippen LogP contribution >= 0.6 is 11.8 Å². The Labute approximate surface area is 133 Å². The van der Waals surface area contributed by atoms with Gasteiger partial charge in [-0.3, -0.25) is 0 Å². The van der Waals surface area contributed by atoms with Gasteiger partial charge in [0.15, 0.2) is 0 Å². The fourth-order valence-corrected chi connectivity index (χ4v) is 4.38. The smallest absolute Gasteiger partial charge is 0.119 e. The maximum absolute atomic E-state index is 5.86. The van der Waals surface area contributed by atoms with E-state index in [0.29, 0.717) is 12.1 Å². The van der Waals surface area contributed by atoms with E-state index in [1.54, 1.807) is 0 Å². The van der Waals surface area contributed by atoms with Gasteiger partial charge in [-0.1, -0.05) is 25.5 Å². The molecule has 3 heteroatoms. The summed E-state index contributed by atoms with van der Waals surface area (Å²) in [6.07, 6.45) is 8.23. The average Bonchev–Trinajstić information content (AvgIpc) is 3.34. The molecular formula is C18H27NOS. The van der Waals surface area contributed by atoms with Gasteiger partial charge >= 0.3 is 0 Å². The summed E-state index contributed by atoms with van der Waals surface area (Å²) in [5.74, 6) is 2.35. The largest absolute Gasteiger partial charge is 0.490 e. The summed E-state index contributed by atoms with van der Waals surface area (Å²) in [6.45, 7) is 3.34. The molecule has 0 aromatic heterocycles. The second kappa shape index (κ2) is 7.55. The highest BCUT2D eigenvalue weighted by atomic mass is 32.2. The molecule has 1 saturated heterocycles. The maximum Gasteiger partial charge on any atom is 0.119 e. The van der Waals surface area contributed by atoms with Crippen LogP contribution in [0.4, 0.5) is 0 Å². The molecular weight excluding hydrogens is 278 g/mol. The number of benzene rings is 1. The minimum Gasteiger partial charge on any atom is -0.490 e. The average molecular weight is 305 g/mol. The normalized spacial score (nSPS) is 23.8. The fraction of sp³-hybridized carbons (Fsp3) is 0.667. The molecule has 2 atom stereocenters. The second-order valence-corrected chi connectivity index (χ2v) is 7.57. The molecule has 0 amide bonds. The third kappa shape index (κ3) is 4.40. The molecule has 0 radical (unpaired) electrons. The zero-order valence-corrected chi connectivity index (χ0v) is 13.8. The molecule has 1 saturated carbocycles. The van der Waals surface area contributed by atoms with E-state index < -0.39 is 0 Å². The van der Waals surface area contributed by atoms with Crippen LogP contribution in [0.2, 0.25) is 0 Å². The van der Waals surface area contributed by atoms with Gasteiger partial charge in [0.2, 0.25) is 0 Å². The summed E-state index contributed by atoms with van der Waals surface area (Å²) in [5.41, 5.74) is 1.42. The van der Waals surface area contributed by atoms with Crippen LogP contribution in [0.3, 0.4) is 0 Å². The molecule has 1 aliphatic heterocycles. The highest BCUT2D eigenvalue weighted by Gasteiger charge is 2.26. The van der Waals surface area contributed by atoms with Crippen LogP contribution in [-0.2, 0) is 0 Å². The van der Waals surface area contributed by atoms with E-state index in [1.165, 1.54) is 49.8 Å². The Bertz CT molecular complexity index is 423. The Morgan fingerprint density at radius 2 is 2.00 bits per heavy atom. The lowest BCUT2D eigenvalue weighted by Gasteiger charge is -2.31. The minimum atomic E-state index is 0.485. The van der Waals surface area contributed by atoms with Crippen molar-refractivity contribution in [3.63, 3.8) is 0 Å². The summed E-state index contributed by atoms with van der Waals surface area (Å²) < 4.78 is 5.86. The summed E-state index contributed by atoms with van der Waals surface area (Å²) in [5, 5.41) is 4.49. The molecule has 3 rings (SSSR count). The zero-order valence-electron chi connectivity index (χ0n) is 13.0. The monoisotopic (exact) mass is 305 g/mol. The van der Waals surface area contributed by atoms with E-state index in [9.17, 15) is 0 Å².